The smallest absolute Gasteiger partial charge is 0.256 e. The molecule has 1 aliphatic rings. The monoisotopic (exact) mass is 222 g/mol. The Hall–Kier alpha value is -1.32. The standard InChI is InChI=1S/C12H18N2O2/c1-9-11(8-16-14-9)12(15)13-10-6-4-2-3-5-7-10/h8,10H,2-7H2,1H3,(H,13,15). The summed E-state index contributed by atoms with van der Waals surface area (Å²) in [5.74, 6) is -0.0503. The molecule has 0 bridgehead atoms. The number of hydrogen-bond acceptors (Lipinski definition) is 3. The van der Waals surface area contributed by atoms with Gasteiger partial charge < -0.3 is 9.84 Å². The van der Waals surface area contributed by atoms with E-state index in [1.165, 1.54) is 31.9 Å². The van der Waals surface area contributed by atoms with Crippen molar-refractivity contribution >= 4 is 5.91 Å². The van der Waals surface area contributed by atoms with E-state index in [2.05, 4.69) is 10.5 Å². The summed E-state index contributed by atoms with van der Waals surface area (Å²) in [5, 5.41) is 6.78. The number of hydrogen-bond donors (Lipinski definition) is 1. The van der Waals surface area contributed by atoms with E-state index in [0.29, 0.717) is 17.3 Å². The van der Waals surface area contributed by atoms with Gasteiger partial charge in [0.2, 0.25) is 0 Å². The molecule has 1 amide bonds. The summed E-state index contributed by atoms with van der Waals surface area (Å²) in [4.78, 5) is 11.9. The molecule has 2 rings (SSSR count). The molecule has 1 aliphatic carbocycles. The Bertz CT molecular complexity index is 352. The van der Waals surface area contributed by atoms with Crippen LogP contribution in [-0.2, 0) is 0 Å². The zero-order valence-corrected chi connectivity index (χ0v) is 9.66. The molecular formula is C12H18N2O2. The third-order valence-corrected chi connectivity index (χ3v) is 3.18. The predicted octanol–water partition coefficient (Wildman–Crippen LogP) is 2.44. The number of nitrogens with zero attached hydrogens (tertiary/aromatic N) is 1. The number of nitrogens with one attached hydrogen (secondary N) is 1. The summed E-state index contributed by atoms with van der Waals surface area (Å²) < 4.78 is 4.77. The molecule has 16 heavy (non-hydrogen) atoms. The highest BCUT2D eigenvalue weighted by molar-refractivity contribution is 5.94. The molecule has 88 valence electrons. The van der Waals surface area contributed by atoms with Crippen LogP contribution in [0, 0.1) is 6.92 Å². The fraction of sp³-hybridized carbons (Fsp3) is 0.667. The summed E-state index contributed by atoms with van der Waals surface area (Å²) in [6.45, 7) is 1.78. The Kier molecular flexibility index (Phi) is 3.59. The first-order chi connectivity index (χ1) is 7.77. The van der Waals surface area contributed by atoms with E-state index in [1.54, 1.807) is 6.92 Å². The van der Waals surface area contributed by atoms with E-state index >= 15 is 0 Å². The lowest BCUT2D eigenvalue weighted by molar-refractivity contribution is 0.0932. The van der Waals surface area contributed by atoms with Crippen LogP contribution in [0.2, 0.25) is 0 Å². The highest BCUT2D eigenvalue weighted by Crippen LogP contribution is 2.17. The maximum atomic E-state index is 11.9. The van der Waals surface area contributed by atoms with Crippen molar-refractivity contribution in [3.05, 3.63) is 17.5 Å². The molecule has 0 spiro atoms. The summed E-state index contributed by atoms with van der Waals surface area (Å²) >= 11 is 0. The van der Waals surface area contributed by atoms with Crippen molar-refractivity contribution in [2.24, 2.45) is 0 Å². The Morgan fingerprint density at radius 1 is 1.38 bits per heavy atom. The molecule has 0 saturated heterocycles. The maximum absolute atomic E-state index is 11.9. The lowest BCUT2D eigenvalue weighted by Crippen LogP contribution is -2.34. The number of carbonyl (C=O) groups is 1. The van der Waals surface area contributed by atoms with Crippen molar-refractivity contribution in [3.63, 3.8) is 0 Å². The van der Waals surface area contributed by atoms with E-state index in [4.69, 9.17) is 4.52 Å². The van der Waals surface area contributed by atoms with Crippen LogP contribution in [-0.4, -0.2) is 17.1 Å². The third-order valence-electron chi connectivity index (χ3n) is 3.18. The minimum Gasteiger partial charge on any atom is -0.364 e. The number of aromatic nitrogens is 1. The molecule has 0 aliphatic heterocycles. The van der Waals surface area contributed by atoms with Gasteiger partial charge in [0.15, 0.2) is 0 Å². The minimum atomic E-state index is -0.0503. The van der Waals surface area contributed by atoms with Crippen LogP contribution in [0.5, 0.6) is 0 Å². The lowest BCUT2D eigenvalue weighted by Gasteiger charge is -2.15. The van der Waals surface area contributed by atoms with Crippen molar-refractivity contribution in [1.29, 1.82) is 0 Å². The normalized spacial score (nSPS) is 18.1. The number of aryl methyl sites for hydroxylation is 1. The van der Waals surface area contributed by atoms with Gasteiger partial charge in [0.25, 0.3) is 5.91 Å². The largest absolute Gasteiger partial charge is 0.364 e. The van der Waals surface area contributed by atoms with Gasteiger partial charge in [-0.25, -0.2) is 0 Å². The highest BCUT2D eigenvalue weighted by Gasteiger charge is 2.18. The fourth-order valence-electron chi connectivity index (χ4n) is 2.20. The second kappa shape index (κ2) is 5.14. The molecule has 1 saturated carbocycles. The molecule has 1 heterocycles. The van der Waals surface area contributed by atoms with Crippen molar-refractivity contribution in [2.45, 2.75) is 51.5 Å². The SMILES string of the molecule is Cc1nocc1C(=O)NC1CCCCCC1. The fourth-order valence-corrected chi connectivity index (χ4v) is 2.20. The second-order valence-corrected chi connectivity index (χ2v) is 4.48. The van der Waals surface area contributed by atoms with Gasteiger partial charge in [-0.1, -0.05) is 30.8 Å². The minimum absolute atomic E-state index is 0.0503. The number of amides is 1. The molecule has 4 heteroatoms. The van der Waals surface area contributed by atoms with Gasteiger partial charge >= 0.3 is 0 Å². The summed E-state index contributed by atoms with van der Waals surface area (Å²) in [5.41, 5.74) is 1.22. The molecule has 1 N–H and O–H groups in total. The molecule has 0 unspecified atom stereocenters. The van der Waals surface area contributed by atoms with Crippen molar-refractivity contribution in [1.82, 2.24) is 10.5 Å². The van der Waals surface area contributed by atoms with Crippen LogP contribution in [0.3, 0.4) is 0 Å². The summed E-state index contributed by atoms with van der Waals surface area (Å²) in [6.07, 6.45) is 8.62. The molecule has 1 aromatic heterocycles. The zero-order valence-electron chi connectivity index (χ0n) is 9.66. The second-order valence-electron chi connectivity index (χ2n) is 4.48. The quantitative estimate of drug-likeness (QED) is 0.782. The van der Waals surface area contributed by atoms with Crippen LogP contribution in [0.25, 0.3) is 0 Å². The number of carbonyl (C=O) groups excluding carboxylic acids is 1. The van der Waals surface area contributed by atoms with Gasteiger partial charge in [-0.2, -0.15) is 0 Å². The van der Waals surface area contributed by atoms with Gasteiger partial charge in [0.1, 0.15) is 11.8 Å². The van der Waals surface area contributed by atoms with Crippen molar-refractivity contribution in [3.8, 4) is 0 Å². The maximum Gasteiger partial charge on any atom is 0.256 e. The van der Waals surface area contributed by atoms with Crippen LogP contribution in [0.4, 0.5) is 0 Å². The van der Waals surface area contributed by atoms with Crippen LogP contribution in [0.1, 0.15) is 54.6 Å². The molecule has 0 aromatic carbocycles. The molecular weight excluding hydrogens is 204 g/mol. The van der Waals surface area contributed by atoms with Crippen molar-refractivity contribution < 1.29 is 9.32 Å². The van der Waals surface area contributed by atoms with Crippen LogP contribution >= 0.6 is 0 Å². The highest BCUT2D eigenvalue weighted by atomic mass is 16.5. The Morgan fingerprint density at radius 2 is 2.06 bits per heavy atom. The predicted molar refractivity (Wildman–Crippen MR) is 60.2 cm³/mol. The average Bonchev–Trinajstić information content (AvgIpc) is 2.53. The molecule has 1 fully saturated rings. The van der Waals surface area contributed by atoms with E-state index in [-0.39, 0.29) is 5.91 Å². The van der Waals surface area contributed by atoms with Gasteiger partial charge in [-0.15, -0.1) is 0 Å². The molecule has 0 radical (unpaired) electrons. The molecule has 4 nitrogen and oxygen atoms in total. The van der Waals surface area contributed by atoms with E-state index in [1.807, 2.05) is 0 Å². The number of rotatable bonds is 2. The topological polar surface area (TPSA) is 55.1 Å². The molecule has 0 atom stereocenters. The van der Waals surface area contributed by atoms with Crippen LogP contribution in [0.15, 0.2) is 10.8 Å². The van der Waals surface area contributed by atoms with E-state index in [0.717, 1.165) is 12.8 Å². The first-order valence-electron chi connectivity index (χ1n) is 5.99. The molecule has 1 aromatic rings. The van der Waals surface area contributed by atoms with Crippen molar-refractivity contribution in [2.75, 3.05) is 0 Å². The first kappa shape index (κ1) is 11.2. The Balaban J connectivity index is 1.93. The van der Waals surface area contributed by atoms with Crippen LogP contribution < -0.4 is 5.32 Å². The van der Waals surface area contributed by atoms with Gasteiger partial charge in [0, 0.05) is 6.04 Å². The third kappa shape index (κ3) is 2.62. The Morgan fingerprint density at radius 3 is 2.62 bits per heavy atom. The van der Waals surface area contributed by atoms with Gasteiger partial charge in [-0.05, 0) is 19.8 Å². The first-order valence-corrected chi connectivity index (χ1v) is 5.99. The van der Waals surface area contributed by atoms with E-state index in [9.17, 15) is 4.79 Å². The average molecular weight is 222 g/mol. The van der Waals surface area contributed by atoms with Gasteiger partial charge in [0.05, 0.1) is 5.69 Å². The van der Waals surface area contributed by atoms with Gasteiger partial charge in [-0.3, -0.25) is 4.79 Å². The summed E-state index contributed by atoms with van der Waals surface area (Å²) in [6, 6.07) is 0.323. The van der Waals surface area contributed by atoms with E-state index < -0.39 is 0 Å². The zero-order chi connectivity index (χ0) is 11.4. The summed E-state index contributed by atoms with van der Waals surface area (Å²) in [7, 11) is 0. The Labute approximate surface area is 95.4 Å². The lowest BCUT2D eigenvalue weighted by atomic mass is 10.1.